The molecule has 1 fully saturated rings. The van der Waals surface area contributed by atoms with E-state index in [-0.39, 0.29) is 35.5 Å². The molecule has 7 nitrogen and oxygen atoms in total. The van der Waals surface area contributed by atoms with Crippen molar-refractivity contribution in [2.45, 2.75) is 12.8 Å². The van der Waals surface area contributed by atoms with Gasteiger partial charge in [0.2, 0.25) is 5.91 Å². The van der Waals surface area contributed by atoms with Crippen LogP contribution in [0, 0.1) is 5.92 Å². The number of carboxylic acid groups (broad SMARTS) is 1. The summed E-state index contributed by atoms with van der Waals surface area (Å²) in [6, 6.07) is 1.49. The van der Waals surface area contributed by atoms with Crippen molar-refractivity contribution in [2.24, 2.45) is 5.92 Å². The van der Waals surface area contributed by atoms with E-state index in [9.17, 15) is 14.4 Å². The van der Waals surface area contributed by atoms with Gasteiger partial charge in [0, 0.05) is 32.5 Å². The Bertz CT molecular complexity index is 622. The number of carboxylic acids is 1. The van der Waals surface area contributed by atoms with Gasteiger partial charge < -0.3 is 14.9 Å². The van der Waals surface area contributed by atoms with Gasteiger partial charge in [0.15, 0.2) is 0 Å². The minimum absolute atomic E-state index is 0.121. The van der Waals surface area contributed by atoms with Gasteiger partial charge in [0.25, 0.3) is 5.91 Å². The van der Waals surface area contributed by atoms with E-state index in [2.05, 4.69) is 4.98 Å². The van der Waals surface area contributed by atoms with E-state index in [4.69, 9.17) is 16.7 Å². The predicted molar refractivity (Wildman–Crippen MR) is 83.1 cm³/mol. The highest BCUT2D eigenvalue weighted by Gasteiger charge is 2.29. The number of pyridine rings is 1. The van der Waals surface area contributed by atoms with Crippen LogP contribution in [0.15, 0.2) is 18.5 Å². The molecule has 23 heavy (non-hydrogen) atoms. The first-order valence-corrected chi connectivity index (χ1v) is 7.63. The van der Waals surface area contributed by atoms with Crippen LogP contribution in [0.4, 0.5) is 0 Å². The Hall–Kier alpha value is -2.15. The van der Waals surface area contributed by atoms with Gasteiger partial charge in [-0.15, -0.1) is 0 Å². The van der Waals surface area contributed by atoms with Crippen LogP contribution >= 0.6 is 11.6 Å². The summed E-state index contributed by atoms with van der Waals surface area (Å²) in [6.45, 7) is 0.580. The second-order valence-electron chi connectivity index (χ2n) is 5.53. The molecule has 124 valence electrons. The van der Waals surface area contributed by atoms with Crippen molar-refractivity contribution in [3.63, 3.8) is 0 Å². The van der Waals surface area contributed by atoms with Crippen LogP contribution < -0.4 is 0 Å². The van der Waals surface area contributed by atoms with Crippen molar-refractivity contribution in [3.05, 3.63) is 29.0 Å². The minimum Gasteiger partial charge on any atom is -0.481 e. The van der Waals surface area contributed by atoms with E-state index in [1.54, 1.807) is 0 Å². The lowest BCUT2D eigenvalue weighted by Gasteiger charge is -2.32. The number of likely N-dealkylation sites (N-methyl/N-ethyl adjacent to an activating group) is 1. The molecule has 0 saturated carbocycles. The number of aliphatic carboxylic acids is 1. The van der Waals surface area contributed by atoms with Gasteiger partial charge >= 0.3 is 5.97 Å². The smallest absolute Gasteiger partial charge is 0.308 e. The third-order valence-electron chi connectivity index (χ3n) is 3.85. The summed E-state index contributed by atoms with van der Waals surface area (Å²) < 4.78 is 0. The SMILES string of the molecule is CN(CC(=O)N1CCCC(C(=O)O)C1)C(=O)c1ccncc1Cl. The van der Waals surface area contributed by atoms with Crippen LogP contribution in [0.5, 0.6) is 0 Å². The topological polar surface area (TPSA) is 90.8 Å². The van der Waals surface area contributed by atoms with Crippen LogP contribution in [0.25, 0.3) is 0 Å². The monoisotopic (exact) mass is 339 g/mol. The summed E-state index contributed by atoms with van der Waals surface area (Å²) in [5, 5.41) is 9.29. The van der Waals surface area contributed by atoms with Gasteiger partial charge in [-0.2, -0.15) is 0 Å². The highest BCUT2D eigenvalue weighted by molar-refractivity contribution is 6.33. The van der Waals surface area contributed by atoms with Gasteiger partial charge in [0.1, 0.15) is 0 Å². The lowest BCUT2D eigenvalue weighted by atomic mass is 9.98. The molecule has 8 heteroatoms. The molecule has 1 aliphatic rings. The normalized spacial score (nSPS) is 17.7. The van der Waals surface area contributed by atoms with E-state index in [1.807, 2.05) is 0 Å². The highest BCUT2D eigenvalue weighted by atomic mass is 35.5. The Balaban J connectivity index is 1.98. The van der Waals surface area contributed by atoms with Gasteiger partial charge in [-0.1, -0.05) is 11.6 Å². The molecule has 2 heterocycles. The molecule has 1 aromatic rings. The zero-order chi connectivity index (χ0) is 17.0. The fourth-order valence-electron chi connectivity index (χ4n) is 2.53. The van der Waals surface area contributed by atoms with Gasteiger partial charge in [-0.3, -0.25) is 19.4 Å². The van der Waals surface area contributed by atoms with Crippen LogP contribution in [-0.2, 0) is 9.59 Å². The largest absolute Gasteiger partial charge is 0.481 e. The number of amides is 2. The second kappa shape index (κ2) is 7.41. The average molecular weight is 340 g/mol. The van der Waals surface area contributed by atoms with Crippen molar-refractivity contribution < 1.29 is 19.5 Å². The zero-order valence-electron chi connectivity index (χ0n) is 12.7. The molecule has 1 aromatic heterocycles. The zero-order valence-corrected chi connectivity index (χ0v) is 13.5. The number of aromatic nitrogens is 1. The standard InChI is InChI=1S/C15H18ClN3O4/c1-18(14(21)11-4-5-17-7-12(11)16)9-13(20)19-6-2-3-10(8-19)15(22)23/h4-5,7,10H,2-3,6,8-9H2,1H3,(H,22,23). The Labute approximate surface area is 138 Å². The molecule has 1 aliphatic heterocycles. The molecule has 1 unspecified atom stereocenters. The summed E-state index contributed by atoms with van der Waals surface area (Å²) >= 11 is 5.93. The Morgan fingerprint density at radius 1 is 1.48 bits per heavy atom. The summed E-state index contributed by atoms with van der Waals surface area (Å²) in [5.74, 6) is -2.08. The molecule has 1 saturated heterocycles. The maximum Gasteiger partial charge on any atom is 0.308 e. The Morgan fingerprint density at radius 3 is 2.87 bits per heavy atom. The Kier molecular flexibility index (Phi) is 5.54. The summed E-state index contributed by atoms with van der Waals surface area (Å²) in [7, 11) is 1.51. The third kappa shape index (κ3) is 4.19. The first-order valence-electron chi connectivity index (χ1n) is 7.25. The maximum atomic E-state index is 12.3. The molecule has 0 aliphatic carbocycles. The number of piperidine rings is 1. The summed E-state index contributed by atoms with van der Waals surface area (Å²) in [4.78, 5) is 42.2. The van der Waals surface area contributed by atoms with Gasteiger partial charge in [0.05, 0.1) is 23.0 Å². The van der Waals surface area contributed by atoms with Crippen molar-refractivity contribution in [2.75, 3.05) is 26.7 Å². The second-order valence-corrected chi connectivity index (χ2v) is 5.94. The number of hydrogen-bond acceptors (Lipinski definition) is 4. The lowest BCUT2D eigenvalue weighted by Crippen LogP contribution is -2.46. The molecule has 1 atom stereocenters. The number of hydrogen-bond donors (Lipinski definition) is 1. The summed E-state index contributed by atoms with van der Waals surface area (Å²) in [6.07, 6.45) is 4.04. The predicted octanol–water partition coefficient (Wildman–Crippen LogP) is 1.13. The number of nitrogens with zero attached hydrogens (tertiary/aromatic N) is 3. The quantitative estimate of drug-likeness (QED) is 0.888. The van der Waals surface area contributed by atoms with Crippen molar-refractivity contribution in [1.29, 1.82) is 0 Å². The van der Waals surface area contributed by atoms with Crippen LogP contribution in [0.2, 0.25) is 5.02 Å². The van der Waals surface area contributed by atoms with E-state index in [0.717, 1.165) is 0 Å². The van der Waals surface area contributed by atoms with E-state index in [1.165, 1.54) is 35.3 Å². The molecule has 2 rings (SSSR count). The molecule has 0 radical (unpaired) electrons. The molecule has 2 amide bonds. The number of halogens is 1. The van der Waals surface area contributed by atoms with E-state index in [0.29, 0.717) is 19.4 Å². The van der Waals surface area contributed by atoms with Crippen LogP contribution in [0.3, 0.4) is 0 Å². The molecule has 0 spiro atoms. The first-order chi connectivity index (χ1) is 10.9. The first kappa shape index (κ1) is 17.2. The van der Waals surface area contributed by atoms with Gasteiger partial charge in [-0.05, 0) is 18.9 Å². The minimum atomic E-state index is -0.893. The fraction of sp³-hybridized carbons (Fsp3) is 0.467. The number of rotatable bonds is 4. The highest BCUT2D eigenvalue weighted by Crippen LogP contribution is 2.18. The average Bonchev–Trinajstić information content (AvgIpc) is 2.54. The molecule has 0 bridgehead atoms. The molecular formula is C15H18ClN3O4. The Morgan fingerprint density at radius 2 is 2.22 bits per heavy atom. The lowest BCUT2D eigenvalue weighted by molar-refractivity contribution is -0.145. The number of carbonyl (C=O) groups excluding carboxylic acids is 2. The van der Waals surface area contributed by atoms with E-state index >= 15 is 0 Å². The molecular weight excluding hydrogens is 322 g/mol. The van der Waals surface area contributed by atoms with Crippen molar-refractivity contribution in [1.82, 2.24) is 14.8 Å². The van der Waals surface area contributed by atoms with Gasteiger partial charge in [-0.25, -0.2) is 0 Å². The summed E-state index contributed by atoms with van der Waals surface area (Å²) in [5.41, 5.74) is 0.277. The number of carbonyl (C=O) groups is 3. The maximum absolute atomic E-state index is 12.3. The van der Waals surface area contributed by atoms with E-state index < -0.39 is 11.9 Å². The molecule has 0 aromatic carbocycles. The van der Waals surface area contributed by atoms with Crippen LogP contribution in [-0.4, -0.2) is 64.4 Å². The fourth-order valence-corrected chi connectivity index (χ4v) is 2.73. The third-order valence-corrected chi connectivity index (χ3v) is 4.15. The van der Waals surface area contributed by atoms with Crippen molar-refractivity contribution in [3.8, 4) is 0 Å². The van der Waals surface area contributed by atoms with Crippen molar-refractivity contribution >= 4 is 29.4 Å². The van der Waals surface area contributed by atoms with Crippen LogP contribution in [0.1, 0.15) is 23.2 Å². The molecule has 1 N–H and O–H groups in total. The number of likely N-dealkylation sites (tertiary alicyclic amines) is 1.